The highest BCUT2D eigenvalue weighted by atomic mass is 14.9. The second-order valence-corrected chi connectivity index (χ2v) is 5.49. The Kier molecular flexibility index (Phi) is 3.10. The summed E-state index contributed by atoms with van der Waals surface area (Å²) in [6, 6.07) is 8.48. The fourth-order valence-electron chi connectivity index (χ4n) is 2.71. The smallest absolute Gasteiger partial charge is 0.0457 e. The standard InChI is InChI=1S/C15H21N3/c1-16-10-15(6-7-15)11-17-8-12-9-18-14-5-3-2-4-13(12)14/h2-5,9,16-18H,6-8,10-11H2,1H3. The van der Waals surface area contributed by atoms with Crippen molar-refractivity contribution in [3.63, 3.8) is 0 Å². The Labute approximate surface area is 108 Å². The van der Waals surface area contributed by atoms with E-state index in [0.717, 1.165) is 19.6 Å². The molecule has 1 fully saturated rings. The van der Waals surface area contributed by atoms with Crippen LogP contribution in [0.5, 0.6) is 0 Å². The number of rotatable bonds is 6. The minimum atomic E-state index is 0.529. The van der Waals surface area contributed by atoms with Gasteiger partial charge in [0.1, 0.15) is 0 Å². The van der Waals surface area contributed by atoms with Gasteiger partial charge in [-0.1, -0.05) is 18.2 Å². The van der Waals surface area contributed by atoms with Gasteiger partial charge in [0.05, 0.1) is 0 Å². The van der Waals surface area contributed by atoms with Crippen LogP contribution in [-0.4, -0.2) is 25.1 Å². The zero-order valence-electron chi connectivity index (χ0n) is 10.9. The molecule has 3 heteroatoms. The van der Waals surface area contributed by atoms with Crippen molar-refractivity contribution in [2.24, 2.45) is 5.41 Å². The molecular weight excluding hydrogens is 222 g/mol. The number of hydrogen-bond donors (Lipinski definition) is 3. The lowest BCUT2D eigenvalue weighted by molar-refractivity contribution is 0.439. The zero-order chi connectivity index (χ0) is 12.4. The molecular formula is C15H21N3. The number of H-pyrrole nitrogens is 1. The van der Waals surface area contributed by atoms with Gasteiger partial charge in [-0.25, -0.2) is 0 Å². The summed E-state index contributed by atoms with van der Waals surface area (Å²) in [5.74, 6) is 0. The minimum absolute atomic E-state index is 0.529. The maximum Gasteiger partial charge on any atom is 0.0457 e. The van der Waals surface area contributed by atoms with Crippen molar-refractivity contribution in [2.45, 2.75) is 19.4 Å². The highest BCUT2D eigenvalue weighted by Crippen LogP contribution is 2.44. The van der Waals surface area contributed by atoms with Crippen molar-refractivity contribution in [3.05, 3.63) is 36.0 Å². The number of fused-ring (bicyclic) bond motifs is 1. The normalized spacial score (nSPS) is 17.2. The predicted octanol–water partition coefficient (Wildman–Crippen LogP) is 2.26. The predicted molar refractivity (Wildman–Crippen MR) is 75.6 cm³/mol. The molecule has 1 aromatic heterocycles. The maximum atomic E-state index is 3.61. The third-order valence-electron chi connectivity index (χ3n) is 4.00. The van der Waals surface area contributed by atoms with Crippen LogP contribution in [0.1, 0.15) is 18.4 Å². The molecule has 3 N–H and O–H groups in total. The molecule has 0 amide bonds. The fourth-order valence-corrected chi connectivity index (χ4v) is 2.71. The van der Waals surface area contributed by atoms with Gasteiger partial charge in [-0.3, -0.25) is 0 Å². The highest BCUT2D eigenvalue weighted by molar-refractivity contribution is 5.82. The van der Waals surface area contributed by atoms with Crippen LogP contribution in [0, 0.1) is 5.41 Å². The average molecular weight is 243 g/mol. The summed E-state index contributed by atoms with van der Waals surface area (Å²) in [4.78, 5) is 3.32. The van der Waals surface area contributed by atoms with E-state index in [2.05, 4.69) is 46.1 Å². The minimum Gasteiger partial charge on any atom is -0.361 e. The fraction of sp³-hybridized carbons (Fsp3) is 0.467. The van der Waals surface area contributed by atoms with Crippen LogP contribution in [0.15, 0.2) is 30.5 Å². The third-order valence-corrected chi connectivity index (χ3v) is 4.00. The van der Waals surface area contributed by atoms with Crippen LogP contribution in [0.3, 0.4) is 0 Å². The van der Waals surface area contributed by atoms with Crippen molar-refractivity contribution in [1.29, 1.82) is 0 Å². The molecule has 0 radical (unpaired) electrons. The van der Waals surface area contributed by atoms with Gasteiger partial charge in [0, 0.05) is 36.7 Å². The lowest BCUT2D eigenvalue weighted by Gasteiger charge is -2.15. The van der Waals surface area contributed by atoms with Gasteiger partial charge in [0.2, 0.25) is 0 Å². The monoisotopic (exact) mass is 243 g/mol. The van der Waals surface area contributed by atoms with Gasteiger partial charge in [-0.05, 0) is 36.9 Å². The number of para-hydroxylation sites is 1. The lowest BCUT2D eigenvalue weighted by atomic mass is 10.1. The molecule has 1 aliphatic rings. The summed E-state index contributed by atoms with van der Waals surface area (Å²) in [6.07, 6.45) is 4.83. The van der Waals surface area contributed by atoms with Gasteiger partial charge >= 0.3 is 0 Å². The van der Waals surface area contributed by atoms with Gasteiger partial charge < -0.3 is 15.6 Å². The molecule has 1 aromatic carbocycles. The van der Waals surface area contributed by atoms with Crippen LogP contribution in [0.4, 0.5) is 0 Å². The first-order chi connectivity index (χ1) is 8.83. The topological polar surface area (TPSA) is 39.8 Å². The largest absolute Gasteiger partial charge is 0.361 e. The second-order valence-electron chi connectivity index (χ2n) is 5.49. The first kappa shape index (κ1) is 11.8. The van der Waals surface area contributed by atoms with E-state index in [1.807, 2.05) is 7.05 Å². The average Bonchev–Trinajstić information content (AvgIpc) is 3.02. The van der Waals surface area contributed by atoms with E-state index >= 15 is 0 Å². The molecule has 0 saturated heterocycles. The SMILES string of the molecule is CNCC1(CNCc2c[nH]c3ccccc23)CC1. The van der Waals surface area contributed by atoms with Crippen molar-refractivity contribution < 1.29 is 0 Å². The molecule has 0 unspecified atom stereocenters. The van der Waals surface area contributed by atoms with Crippen molar-refractivity contribution in [1.82, 2.24) is 15.6 Å². The Morgan fingerprint density at radius 3 is 2.83 bits per heavy atom. The first-order valence-corrected chi connectivity index (χ1v) is 6.73. The molecule has 3 rings (SSSR count). The Bertz CT molecular complexity index is 525. The molecule has 1 aliphatic carbocycles. The maximum absolute atomic E-state index is 3.61. The summed E-state index contributed by atoms with van der Waals surface area (Å²) in [5, 5.41) is 8.24. The molecule has 1 saturated carbocycles. The molecule has 0 atom stereocenters. The van der Waals surface area contributed by atoms with E-state index < -0.39 is 0 Å². The molecule has 0 spiro atoms. The van der Waals surface area contributed by atoms with E-state index in [4.69, 9.17) is 0 Å². The van der Waals surface area contributed by atoms with E-state index in [0.29, 0.717) is 5.41 Å². The van der Waals surface area contributed by atoms with Crippen molar-refractivity contribution >= 4 is 10.9 Å². The summed E-state index contributed by atoms with van der Waals surface area (Å²) >= 11 is 0. The first-order valence-electron chi connectivity index (χ1n) is 6.73. The van der Waals surface area contributed by atoms with Crippen molar-refractivity contribution in [2.75, 3.05) is 20.1 Å². The number of hydrogen-bond acceptors (Lipinski definition) is 2. The van der Waals surface area contributed by atoms with E-state index in [1.54, 1.807) is 0 Å². The second kappa shape index (κ2) is 4.75. The van der Waals surface area contributed by atoms with E-state index in [9.17, 15) is 0 Å². The third kappa shape index (κ3) is 2.28. The summed E-state index contributed by atoms with van der Waals surface area (Å²) in [7, 11) is 2.04. The Hall–Kier alpha value is -1.32. The Balaban J connectivity index is 1.60. The van der Waals surface area contributed by atoms with Crippen molar-refractivity contribution in [3.8, 4) is 0 Å². The van der Waals surface area contributed by atoms with Crippen LogP contribution >= 0.6 is 0 Å². The molecule has 1 heterocycles. The molecule has 18 heavy (non-hydrogen) atoms. The van der Waals surface area contributed by atoms with Gasteiger partial charge in [0.15, 0.2) is 0 Å². The van der Waals surface area contributed by atoms with Crippen LogP contribution in [0.25, 0.3) is 10.9 Å². The number of nitrogens with one attached hydrogen (secondary N) is 3. The van der Waals surface area contributed by atoms with Crippen LogP contribution < -0.4 is 10.6 Å². The Morgan fingerprint density at radius 1 is 1.22 bits per heavy atom. The van der Waals surface area contributed by atoms with E-state index in [-0.39, 0.29) is 0 Å². The van der Waals surface area contributed by atoms with Crippen LogP contribution in [-0.2, 0) is 6.54 Å². The number of aromatic nitrogens is 1. The van der Waals surface area contributed by atoms with Gasteiger partial charge in [-0.15, -0.1) is 0 Å². The molecule has 0 aliphatic heterocycles. The lowest BCUT2D eigenvalue weighted by Crippen LogP contribution is -2.30. The summed E-state index contributed by atoms with van der Waals surface area (Å²) in [5.41, 5.74) is 3.12. The van der Waals surface area contributed by atoms with Gasteiger partial charge in [-0.2, -0.15) is 0 Å². The highest BCUT2D eigenvalue weighted by Gasteiger charge is 2.41. The van der Waals surface area contributed by atoms with Crippen LogP contribution in [0.2, 0.25) is 0 Å². The zero-order valence-corrected chi connectivity index (χ0v) is 10.9. The Morgan fingerprint density at radius 2 is 2.06 bits per heavy atom. The molecule has 0 bridgehead atoms. The number of benzene rings is 1. The molecule has 3 nitrogen and oxygen atoms in total. The molecule has 96 valence electrons. The summed E-state index contributed by atoms with van der Waals surface area (Å²) < 4.78 is 0. The summed E-state index contributed by atoms with van der Waals surface area (Å²) in [6.45, 7) is 3.21. The van der Waals surface area contributed by atoms with Gasteiger partial charge in [0.25, 0.3) is 0 Å². The van der Waals surface area contributed by atoms with E-state index in [1.165, 1.54) is 29.3 Å². The quantitative estimate of drug-likeness (QED) is 0.728. The number of aromatic amines is 1. The molecule has 2 aromatic rings.